The van der Waals surface area contributed by atoms with Gasteiger partial charge in [0.15, 0.2) is 0 Å². The highest BCUT2D eigenvalue weighted by molar-refractivity contribution is 9.10. The predicted octanol–water partition coefficient (Wildman–Crippen LogP) is 2.95. The normalized spacial score (nSPS) is 12.5. The van der Waals surface area contributed by atoms with Gasteiger partial charge in [-0.25, -0.2) is 4.39 Å². The van der Waals surface area contributed by atoms with E-state index in [4.69, 9.17) is 0 Å². The van der Waals surface area contributed by atoms with E-state index in [1.807, 2.05) is 13.8 Å². The number of benzene rings is 1. The van der Waals surface area contributed by atoms with E-state index in [1.165, 1.54) is 12.1 Å². The number of carbonyl (C=O) groups excluding carboxylic acids is 1. The van der Waals surface area contributed by atoms with Crippen molar-refractivity contribution in [3.8, 4) is 0 Å². The molecule has 1 aromatic rings. The molecular weight excluding hydrogens is 285 g/mol. The minimum atomic E-state index is -0.297. The highest BCUT2D eigenvalue weighted by Crippen LogP contribution is 2.19. The molecule has 0 amide bonds. The number of rotatable bonds is 6. The topological polar surface area (TPSA) is 29.1 Å². The molecule has 1 rings (SSSR count). The first-order valence-electron chi connectivity index (χ1n) is 5.72. The third-order valence-corrected chi connectivity index (χ3v) is 3.37. The quantitative estimate of drug-likeness (QED) is 0.875. The molecule has 0 heterocycles. The standard InChI is InChI=1S/C13H17BrFNO/c1-3-16-8-9(2)13(17)6-10-4-5-11(15)7-12(10)14/h4-5,7,9,16H,3,6,8H2,1-2H3. The third-order valence-electron chi connectivity index (χ3n) is 2.63. The molecule has 0 saturated heterocycles. The summed E-state index contributed by atoms with van der Waals surface area (Å²) in [5, 5.41) is 3.15. The minimum absolute atomic E-state index is 0.0214. The van der Waals surface area contributed by atoms with Gasteiger partial charge in [0.25, 0.3) is 0 Å². The zero-order chi connectivity index (χ0) is 12.8. The lowest BCUT2D eigenvalue weighted by molar-refractivity contribution is -0.121. The van der Waals surface area contributed by atoms with Gasteiger partial charge in [0.2, 0.25) is 0 Å². The second-order valence-electron chi connectivity index (χ2n) is 4.09. The van der Waals surface area contributed by atoms with Crippen LogP contribution < -0.4 is 5.32 Å². The summed E-state index contributed by atoms with van der Waals surface area (Å²) in [5.74, 6) is -0.154. The first kappa shape index (κ1) is 14.3. The van der Waals surface area contributed by atoms with Gasteiger partial charge in [0.1, 0.15) is 11.6 Å². The van der Waals surface area contributed by atoms with Crippen LogP contribution in [0.4, 0.5) is 4.39 Å². The summed E-state index contributed by atoms with van der Waals surface area (Å²) in [6.45, 7) is 5.46. The van der Waals surface area contributed by atoms with Crippen molar-refractivity contribution in [1.29, 1.82) is 0 Å². The Balaban J connectivity index is 2.61. The van der Waals surface area contributed by atoms with E-state index in [-0.39, 0.29) is 17.5 Å². The van der Waals surface area contributed by atoms with Crippen molar-refractivity contribution >= 4 is 21.7 Å². The van der Waals surface area contributed by atoms with Gasteiger partial charge < -0.3 is 5.32 Å². The molecule has 0 fully saturated rings. The molecule has 17 heavy (non-hydrogen) atoms. The Hall–Kier alpha value is -0.740. The lowest BCUT2D eigenvalue weighted by Crippen LogP contribution is -2.27. The first-order chi connectivity index (χ1) is 8.04. The van der Waals surface area contributed by atoms with Crippen LogP contribution in [0.3, 0.4) is 0 Å². The number of ketones is 1. The first-order valence-corrected chi connectivity index (χ1v) is 6.51. The molecule has 0 aliphatic carbocycles. The van der Waals surface area contributed by atoms with E-state index in [2.05, 4.69) is 21.2 Å². The summed E-state index contributed by atoms with van der Waals surface area (Å²) < 4.78 is 13.5. The maximum absolute atomic E-state index is 12.9. The fourth-order valence-corrected chi connectivity index (χ4v) is 1.99. The molecule has 1 atom stereocenters. The third kappa shape index (κ3) is 4.56. The summed E-state index contributed by atoms with van der Waals surface area (Å²) in [6.07, 6.45) is 0.341. The van der Waals surface area contributed by atoms with Gasteiger partial charge in [-0.1, -0.05) is 35.8 Å². The monoisotopic (exact) mass is 301 g/mol. The van der Waals surface area contributed by atoms with Gasteiger partial charge in [-0.05, 0) is 24.2 Å². The molecule has 0 bridgehead atoms. The van der Waals surface area contributed by atoms with Crippen LogP contribution in [0.2, 0.25) is 0 Å². The average molecular weight is 302 g/mol. The van der Waals surface area contributed by atoms with Gasteiger partial charge in [0, 0.05) is 23.4 Å². The van der Waals surface area contributed by atoms with Crippen LogP contribution in [0.1, 0.15) is 19.4 Å². The molecule has 0 aliphatic rings. The van der Waals surface area contributed by atoms with Crippen molar-refractivity contribution in [2.24, 2.45) is 5.92 Å². The molecule has 2 nitrogen and oxygen atoms in total. The van der Waals surface area contributed by atoms with Crippen LogP contribution >= 0.6 is 15.9 Å². The molecule has 0 saturated carbocycles. The minimum Gasteiger partial charge on any atom is -0.316 e. The van der Waals surface area contributed by atoms with Crippen LogP contribution in [0, 0.1) is 11.7 Å². The molecular formula is C13H17BrFNO. The van der Waals surface area contributed by atoms with Crippen molar-refractivity contribution in [3.63, 3.8) is 0 Å². The van der Waals surface area contributed by atoms with E-state index in [1.54, 1.807) is 6.07 Å². The van der Waals surface area contributed by atoms with Gasteiger partial charge in [-0.3, -0.25) is 4.79 Å². The number of halogens is 2. The van der Waals surface area contributed by atoms with E-state index >= 15 is 0 Å². The SMILES string of the molecule is CCNCC(C)C(=O)Cc1ccc(F)cc1Br. The maximum Gasteiger partial charge on any atom is 0.141 e. The Morgan fingerprint density at radius 3 is 2.82 bits per heavy atom. The van der Waals surface area contributed by atoms with Crippen LogP contribution in [-0.2, 0) is 11.2 Å². The zero-order valence-electron chi connectivity index (χ0n) is 10.1. The average Bonchev–Trinajstić information content (AvgIpc) is 2.29. The molecule has 0 aromatic heterocycles. The number of hydrogen-bond acceptors (Lipinski definition) is 2. The van der Waals surface area contributed by atoms with E-state index in [0.717, 1.165) is 12.1 Å². The summed E-state index contributed by atoms with van der Waals surface area (Å²) in [7, 11) is 0. The molecule has 1 N–H and O–H groups in total. The van der Waals surface area contributed by atoms with Crippen LogP contribution in [0.15, 0.2) is 22.7 Å². The molecule has 0 aliphatic heterocycles. The zero-order valence-corrected chi connectivity index (χ0v) is 11.7. The Labute approximate surface area is 110 Å². The Kier molecular flexibility index (Phi) is 5.78. The summed E-state index contributed by atoms with van der Waals surface area (Å²) >= 11 is 3.27. The highest BCUT2D eigenvalue weighted by atomic mass is 79.9. The number of carbonyl (C=O) groups is 1. The molecule has 1 aromatic carbocycles. The Morgan fingerprint density at radius 1 is 1.53 bits per heavy atom. The van der Waals surface area contributed by atoms with Gasteiger partial charge in [-0.15, -0.1) is 0 Å². The number of nitrogens with one attached hydrogen (secondary N) is 1. The van der Waals surface area contributed by atoms with Crippen molar-refractivity contribution in [2.45, 2.75) is 20.3 Å². The molecule has 1 unspecified atom stereocenters. The van der Waals surface area contributed by atoms with Gasteiger partial charge >= 0.3 is 0 Å². The van der Waals surface area contributed by atoms with Crippen LogP contribution in [0.5, 0.6) is 0 Å². The molecule has 94 valence electrons. The fourth-order valence-electron chi connectivity index (χ4n) is 1.50. The Morgan fingerprint density at radius 2 is 2.24 bits per heavy atom. The molecule has 4 heteroatoms. The number of Topliss-reactive ketones (excluding diaryl/α,β-unsaturated/α-hetero) is 1. The number of hydrogen-bond donors (Lipinski definition) is 1. The van der Waals surface area contributed by atoms with Crippen molar-refractivity contribution in [2.75, 3.05) is 13.1 Å². The molecule has 0 radical (unpaired) electrons. The largest absolute Gasteiger partial charge is 0.316 e. The maximum atomic E-state index is 12.9. The van der Waals surface area contributed by atoms with E-state index < -0.39 is 0 Å². The fraction of sp³-hybridized carbons (Fsp3) is 0.462. The summed E-state index contributed by atoms with van der Waals surface area (Å²) in [5.41, 5.74) is 0.833. The second-order valence-corrected chi connectivity index (χ2v) is 4.94. The van der Waals surface area contributed by atoms with Crippen molar-refractivity contribution in [1.82, 2.24) is 5.32 Å². The second kappa shape index (κ2) is 6.87. The smallest absolute Gasteiger partial charge is 0.141 e. The highest BCUT2D eigenvalue weighted by Gasteiger charge is 2.14. The van der Waals surface area contributed by atoms with E-state index in [9.17, 15) is 9.18 Å². The molecule has 0 spiro atoms. The van der Waals surface area contributed by atoms with Gasteiger partial charge in [0.05, 0.1) is 0 Å². The predicted molar refractivity (Wildman–Crippen MR) is 70.5 cm³/mol. The summed E-state index contributed by atoms with van der Waals surface area (Å²) in [4.78, 5) is 11.9. The Bertz CT molecular complexity index is 395. The van der Waals surface area contributed by atoms with Gasteiger partial charge in [-0.2, -0.15) is 0 Å². The lowest BCUT2D eigenvalue weighted by Gasteiger charge is -2.11. The van der Waals surface area contributed by atoms with Crippen LogP contribution in [0.25, 0.3) is 0 Å². The summed E-state index contributed by atoms with van der Waals surface area (Å²) in [6, 6.07) is 4.41. The van der Waals surface area contributed by atoms with Crippen LogP contribution in [-0.4, -0.2) is 18.9 Å². The van der Waals surface area contributed by atoms with Crippen molar-refractivity contribution < 1.29 is 9.18 Å². The lowest BCUT2D eigenvalue weighted by atomic mass is 9.99. The van der Waals surface area contributed by atoms with E-state index in [0.29, 0.717) is 17.4 Å². The van der Waals surface area contributed by atoms with Crippen molar-refractivity contribution in [3.05, 3.63) is 34.1 Å².